The summed E-state index contributed by atoms with van der Waals surface area (Å²) >= 11 is 0. The van der Waals surface area contributed by atoms with Gasteiger partial charge in [-0.15, -0.1) is 13.2 Å². The molecule has 0 bridgehead atoms. The van der Waals surface area contributed by atoms with Crippen LogP contribution >= 0.6 is 0 Å². The molecule has 0 fully saturated rings. The Hall–Kier alpha value is -2.38. The van der Waals surface area contributed by atoms with Gasteiger partial charge in [-0.3, -0.25) is 0 Å². The quantitative estimate of drug-likeness (QED) is 0.738. The van der Waals surface area contributed by atoms with Crippen LogP contribution < -0.4 is 9.47 Å². The fourth-order valence-corrected chi connectivity index (χ4v) is 1.79. The van der Waals surface area contributed by atoms with Gasteiger partial charge in [-0.1, -0.05) is 12.1 Å². The van der Waals surface area contributed by atoms with E-state index in [9.17, 15) is 26.3 Å². The van der Waals surface area contributed by atoms with Gasteiger partial charge in [0.25, 0.3) is 0 Å². The van der Waals surface area contributed by atoms with Crippen LogP contribution in [0.5, 0.6) is 11.5 Å². The van der Waals surface area contributed by atoms with Crippen molar-refractivity contribution in [2.24, 2.45) is 0 Å². The van der Waals surface area contributed by atoms with E-state index < -0.39 is 30.3 Å². The summed E-state index contributed by atoms with van der Waals surface area (Å²) < 4.78 is 82.3. The Balaban J connectivity index is 2.41. The maximum absolute atomic E-state index is 13.1. The molecule has 0 aliphatic heterocycles. The van der Waals surface area contributed by atoms with Gasteiger partial charge in [-0.2, -0.15) is 8.78 Å². The number of rotatable bonds is 4. The van der Waals surface area contributed by atoms with E-state index in [1.54, 1.807) is 0 Å². The highest BCUT2D eigenvalue weighted by atomic mass is 19.4. The molecule has 0 aliphatic carbocycles. The molecule has 2 rings (SSSR count). The zero-order valence-electron chi connectivity index (χ0n) is 10.7. The van der Waals surface area contributed by atoms with Crippen LogP contribution in [0.3, 0.4) is 0 Å². The van der Waals surface area contributed by atoms with Crippen LogP contribution in [0.2, 0.25) is 0 Å². The van der Waals surface area contributed by atoms with Gasteiger partial charge in [0.15, 0.2) is 0 Å². The molecule has 2 nitrogen and oxygen atoms in total. The first-order chi connectivity index (χ1) is 10.2. The Morgan fingerprint density at radius 3 is 2.32 bits per heavy atom. The SMILES string of the molecule is Fc1ccc(-c2cccc(OC(F)(F)F)c2)c(OC(F)F)c1. The van der Waals surface area contributed by atoms with Gasteiger partial charge in [0.1, 0.15) is 17.3 Å². The number of benzene rings is 2. The fraction of sp³-hybridized carbons (Fsp3) is 0.143. The maximum Gasteiger partial charge on any atom is 0.573 e. The van der Waals surface area contributed by atoms with Crippen LogP contribution in [0.4, 0.5) is 26.3 Å². The number of ether oxygens (including phenoxy) is 2. The molecule has 0 radical (unpaired) electrons. The predicted octanol–water partition coefficient (Wildman–Crippen LogP) is 4.99. The lowest BCUT2D eigenvalue weighted by Gasteiger charge is -2.13. The van der Waals surface area contributed by atoms with Gasteiger partial charge in [0.05, 0.1) is 0 Å². The van der Waals surface area contributed by atoms with Gasteiger partial charge in [-0.05, 0) is 29.8 Å². The molecule has 0 heterocycles. The fourth-order valence-electron chi connectivity index (χ4n) is 1.79. The topological polar surface area (TPSA) is 18.5 Å². The summed E-state index contributed by atoms with van der Waals surface area (Å²) in [5.41, 5.74) is 0.117. The third kappa shape index (κ3) is 4.31. The standard InChI is InChI=1S/C14H8F6O2/c15-9-4-5-11(12(7-9)21-13(16)17)8-2-1-3-10(6-8)22-14(18,19)20/h1-7,13H. The molecule has 0 atom stereocenters. The number of halogens is 6. The minimum absolute atomic E-state index is 0.00863. The van der Waals surface area contributed by atoms with Crippen molar-refractivity contribution in [2.45, 2.75) is 13.0 Å². The smallest absolute Gasteiger partial charge is 0.434 e. The minimum Gasteiger partial charge on any atom is -0.434 e. The Labute approximate surface area is 120 Å². The molecule has 2 aromatic rings. The summed E-state index contributed by atoms with van der Waals surface area (Å²) in [5, 5.41) is 0. The van der Waals surface area contributed by atoms with E-state index in [0.717, 1.165) is 30.3 Å². The molecule has 0 amide bonds. The molecule has 2 aromatic carbocycles. The van der Waals surface area contributed by atoms with Gasteiger partial charge in [0, 0.05) is 11.6 Å². The van der Waals surface area contributed by atoms with Crippen molar-refractivity contribution in [3.8, 4) is 22.6 Å². The monoisotopic (exact) mass is 322 g/mol. The summed E-state index contributed by atoms with van der Waals surface area (Å²) in [6.45, 7) is -3.20. The van der Waals surface area contributed by atoms with Gasteiger partial charge in [-0.25, -0.2) is 4.39 Å². The molecule has 0 N–H and O–H groups in total. The van der Waals surface area contributed by atoms with Crippen molar-refractivity contribution in [1.29, 1.82) is 0 Å². The van der Waals surface area contributed by atoms with Crippen molar-refractivity contribution in [2.75, 3.05) is 0 Å². The molecular formula is C14H8F6O2. The van der Waals surface area contributed by atoms with Crippen molar-refractivity contribution < 1.29 is 35.8 Å². The molecule has 0 spiro atoms. The van der Waals surface area contributed by atoms with Gasteiger partial charge >= 0.3 is 13.0 Å². The van der Waals surface area contributed by atoms with Gasteiger partial charge < -0.3 is 9.47 Å². The lowest BCUT2D eigenvalue weighted by atomic mass is 10.0. The van der Waals surface area contributed by atoms with Crippen LogP contribution in [-0.4, -0.2) is 13.0 Å². The Kier molecular flexibility index (Phi) is 4.48. The highest BCUT2D eigenvalue weighted by molar-refractivity contribution is 5.71. The molecule has 0 saturated carbocycles. The highest BCUT2D eigenvalue weighted by Crippen LogP contribution is 2.34. The van der Waals surface area contributed by atoms with Crippen molar-refractivity contribution >= 4 is 0 Å². The summed E-state index contributed by atoms with van der Waals surface area (Å²) in [6, 6.07) is 7.46. The van der Waals surface area contributed by atoms with Crippen LogP contribution in [-0.2, 0) is 0 Å². The van der Waals surface area contributed by atoms with E-state index in [1.807, 2.05) is 0 Å². The lowest BCUT2D eigenvalue weighted by molar-refractivity contribution is -0.274. The molecule has 0 aromatic heterocycles. The zero-order chi connectivity index (χ0) is 16.3. The van der Waals surface area contributed by atoms with Crippen LogP contribution in [0.15, 0.2) is 42.5 Å². The van der Waals surface area contributed by atoms with Gasteiger partial charge in [0.2, 0.25) is 0 Å². The summed E-state index contributed by atoms with van der Waals surface area (Å²) in [7, 11) is 0. The van der Waals surface area contributed by atoms with E-state index >= 15 is 0 Å². The molecule has 22 heavy (non-hydrogen) atoms. The van der Waals surface area contributed by atoms with Crippen molar-refractivity contribution in [3.05, 3.63) is 48.3 Å². The van der Waals surface area contributed by atoms with E-state index in [1.165, 1.54) is 12.1 Å². The zero-order valence-corrected chi connectivity index (χ0v) is 10.7. The number of hydrogen-bond acceptors (Lipinski definition) is 2. The lowest BCUT2D eigenvalue weighted by Crippen LogP contribution is -2.17. The van der Waals surface area contributed by atoms with Crippen molar-refractivity contribution in [1.82, 2.24) is 0 Å². The van der Waals surface area contributed by atoms with Crippen LogP contribution in [0, 0.1) is 5.82 Å². The third-order valence-electron chi connectivity index (χ3n) is 2.54. The molecule has 0 saturated heterocycles. The van der Waals surface area contributed by atoms with E-state index in [4.69, 9.17) is 0 Å². The minimum atomic E-state index is -4.89. The Morgan fingerprint density at radius 2 is 1.68 bits per heavy atom. The second-order valence-corrected chi connectivity index (χ2v) is 4.09. The molecule has 118 valence electrons. The Morgan fingerprint density at radius 1 is 0.955 bits per heavy atom. The first-order valence-electron chi connectivity index (χ1n) is 5.85. The first kappa shape index (κ1) is 16.0. The molecule has 8 heteroatoms. The second kappa shape index (κ2) is 6.17. The maximum atomic E-state index is 13.1. The van der Waals surface area contributed by atoms with E-state index in [0.29, 0.717) is 0 Å². The summed E-state index contributed by atoms with van der Waals surface area (Å²) in [4.78, 5) is 0. The third-order valence-corrected chi connectivity index (χ3v) is 2.54. The largest absolute Gasteiger partial charge is 0.573 e. The number of alkyl halides is 5. The van der Waals surface area contributed by atoms with E-state index in [2.05, 4.69) is 9.47 Å². The Bertz CT molecular complexity index is 654. The number of hydrogen-bond donors (Lipinski definition) is 0. The summed E-state index contributed by atoms with van der Waals surface area (Å²) in [6.07, 6.45) is -4.89. The summed E-state index contributed by atoms with van der Waals surface area (Å²) in [5.74, 6) is -1.83. The molecule has 0 unspecified atom stereocenters. The average Bonchev–Trinajstić information content (AvgIpc) is 2.36. The highest BCUT2D eigenvalue weighted by Gasteiger charge is 2.31. The van der Waals surface area contributed by atoms with Crippen molar-refractivity contribution in [3.63, 3.8) is 0 Å². The average molecular weight is 322 g/mol. The van der Waals surface area contributed by atoms with Crippen LogP contribution in [0.25, 0.3) is 11.1 Å². The molecular weight excluding hydrogens is 314 g/mol. The predicted molar refractivity (Wildman–Crippen MR) is 65.2 cm³/mol. The van der Waals surface area contributed by atoms with Crippen LogP contribution in [0.1, 0.15) is 0 Å². The normalized spacial score (nSPS) is 11.6. The molecule has 0 aliphatic rings. The van der Waals surface area contributed by atoms with E-state index in [-0.39, 0.29) is 11.1 Å². The first-order valence-corrected chi connectivity index (χ1v) is 5.85. The second-order valence-electron chi connectivity index (χ2n) is 4.09.